The van der Waals surface area contributed by atoms with Crippen LogP contribution >= 0.6 is 27.5 Å². The first-order chi connectivity index (χ1) is 18.1. The Balaban J connectivity index is 1.73. The Kier molecular flexibility index (Phi) is 8.66. The molecule has 38 heavy (non-hydrogen) atoms. The van der Waals surface area contributed by atoms with E-state index in [2.05, 4.69) is 26.5 Å². The van der Waals surface area contributed by atoms with Crippen molar-refractivity contribution in [2.45, 2.75) is 25.3 Å². The molecule has 6 nitrogen and oxygen atoms in total. The van der Waals surface area contributed by atoms with E-state index >= 15 is 0 Å². The number of carbonyl (C=O) groups excluding carboxylic acids is 1. The van der Waals surface area contributed by atoms with Gasteiger partial charge in [-0.05, 0) is 73.5 Å². The number of hydrogen-bond acceptors (Lipinski definition) is 4. The van der Waals surface area contributed by atoms with Gasteiger partial charge in [-0.15, -0.1) is 0 Å². The van der Waals surface area contributed by atoms with Crippen LogP contribution in [0.25, 0.3) is 0 Å². The zero-order valence-electron chi connectivity index (χ0n) is 20.7. The van der Waals surface area contributed by atoms with Gasteiger partial charge >= 0.3 is 0 Å². The summed E-state index contributed by atoms with van der Waals surface area (Å²) < 4.78 is 30.0. The third-order valence-corrected chi connectivity index (χ3v) is 8.41. The van der Waals surface area contributed by atoms with Crippen LogP contribution in [0, 0.1) is 6.92 Å². The lowest BCUT2D eigenvalue weighted by Crippen LogP contribution is -2.33. The predicted molar refractivity (Wildman–Crippen MR) is 156 cm³/mol. The quantitative estimate of drug-likeness (QED) is 0.173. The number of nitrogens with zero attached hydrogens (tertiary/aromatic N) is 2. The van der Waals surface area contributed by atoms with E-state index in [9.17, 15) is 13.2 Å². The van der Waals surface area contributed by atoms with Gasteiger partial charge in [0, 0.05) is 9.50 Å². The molecule has 1 amide bonds. The highest BCUT2D eigenvalue weighted by Crippen LogP contribution is 2.30. The molecule has 0 saturated carbocycles. The van der Waals surface area contributed by atoms with E-state index in [4.69, 9.17) is 11.6 Å². The molecule has 4 aromatic carbocycles. The Morgan fingerprint density at radius 3 is 2.21 bits per heavy atom. The number of hydrazone groups is 1. The van der Waals surface area contributed by atoms with Gasteiger partial charge in [-0.2, -0.15) is 5.10 Å². The Morgan fingerprint density at radius 2 is 1.55 bits per heavy atom. The molecule has 0 aliphatic carbocycles. The number of hydrogen-bond donors (Lipinski definition) is 1. The number of aryl methyl sites for hydroxylation is 1. The maximum absolute atomic E-state index is 13.9. The highest BCUT2D eigenvalue weighted by Gasteiger charge is 2.28. The summed E-state index contributed by atoms with van der Waals surface area (Å²) in [7, 11) is -4.03. The SMILES string of the molecule is C/C(=N/NC(=O)c1ccccc1N(Cc1ccc(Cl)cc1)S(=O)(=O)c1ccc(C)cc1)c1ccc(Br)cc1. The van der Waals surface area contributed by atoms with Crippen LogP contribution in [0.3, 0.4) is 0 Å². The van der Waals surface area contributed by atoms with Gasteiger partial charge < -0.3 is 0 Å². The van der Waals surface area contributed by atoms with Gasteiger partial charge in [0.25, 0.3) is 15.9 Å². The summed E-state index contributed by atoms with van der Waals surface area (Å²) in [5, 5.41) is 4.79. The van der Waals surface area contributed by atoms with E-state index in [-0.39, 0.29) is 22.7 Å². The summed E-state index contributed by atoms with van der Waals surface area (Å²) in [6.07, 6.45) is 0. The van der Waals surface area contributed by atoms with E-state index in [1.165, 1.54) is 4.31 Å². The van der Waals surface area contributed by atoms with Gasteiger partial charge in [-0.1, -0.05) is 81.6 Å². The number of para-hydroxylation sites is 1. The molecule has 0 radical (unpaired) electrons. The average molecular weight is 611 g/mol. The average Bonchev–Trinajstić information content (AvgIpc) is 2.92. The van der Waals surface area contributed by atoms with Crippen LogP contribution < -0.4 is 9.73 Å². The maximum Gasteiger partial charge on any atom is 0.273 e. The van der Waals surface area contributed by atoms with E-state index in [1.54, 1.807) is 79.7 Å². The highest BCUT2D eigenvalue weighted by molar-refractivity contribution is 9.10. The molecule has 0 saturated heterocycles. The summed E-state index contributed by atoms with van der Waals surface area (Å²) in [5.74, 6) is -0.530. The van der Waals surface area contributed by atoms with Crippen LogP contribution in [-0.4, -0.2) is 20.0 Å². The van der Waals surface area contributed by atoms with Crippen molar-refractivity contribution in [1.29, 1.82) is 0 Å². The topological polar surface area (TPSA) is 78.8 Å². The maximum atomic E-state index is 13.9. The second-order valence-electron chi connectivity index (χ2n) is 8.61. The van der Waals surface area contributed by atoms with Crippen molar-refractivity contribution in [2.24, 2.45) is 5.10 Å². The first-order valence-corrected chi connectivity index (χ1v) is 14.3. The van der Waals surface area contributed by atoms with Crippen molar-refractivity contribution in [3.63, 3.8) is 0 Å². The zero-order chi connectivity index (χ0) is 27.3. The van der Waals surface area contributed by atoms with Gasteiger partial charge in [-0.25, -0.2) is 13.8 Å². The molecule has 0 heterocycles. The molecule has 0 unspecified atom stereocenters. The first-order valence-electron chi connectivity index (χ1n) is 11.7. The number of carbonyl (C=O) groups is 1. The molecule has 0 spiro atoms. The normalized spacial score (nSPS) is 11.7. The van der Waals surface area contributed by atoms with Gasteiger partial charge in [-0.3, -0.25) is 9.10 Å². The molecule has 1 N–H and O–H groups in total. The minimum Gasteiger partial charge on any atom is -0.267 e. The zero-order valence-corrected chi connectivity index (χ0v) is 23.9. The van der Waals surface area contributed by atoms with Gasteiger partial charge in [0.15, 0.2) is 0 Å². The molecule has 0 aliphatic rings. The van der Waals surface area contributed by atoms with Crippen molar-refractivity contribution < 1.29 is 13.2 Å². The molecule has 9 heteroatoms. The summed E-state index contributed by atoms with van der Waals surface area (Å²) in [6, 6.07) is 27.6. The Bertz CT molecular complexity index is 1570. The fourth-order valence-electron chi connectivity index (χ4n) is 3.73. The van der Waals surface area contributed by atoms with Gasteiger partial charge in [0.05, 0.1) is 28.4 Å². The van der Waals surface area contributed by atoms with E-state index in [0.717, 1.165) is 15.6 Å². The molecule has 0 bridgehead atoms. The van der Waals surface area contributed by atoms with Crippen LogP contribution in [-0.2, 0) is 16.6 Å². The standard InChI is InChI=1S/C29H25BrClN3O3S/c1-20-7-17-26(18-8-20)38(36,37)34(19-22-9-15-25(31)16-10-22)28-6-4-3-5-27(28)29(35)33-32-21(2)23-11-13-24(30)14-12-23/h3-18H,19H2,1-2H3,(H,33,35)/b32-21-. The van der Waals surface area contributed by atoms with Gasteiger partial charge in [0.2, 0.25) is 0 Å². The van der Waals surface area contributed by atoms with Crippen LogP contribution in [0.4, 0.5) is 5.69 Å². The fourth-order valence-corrected chi connectivity index (χ4v) is 5.59. The predicted octanol–water partition coefficient (Wildman–Crippen LogP) is 6.96. The number of rotatable bonds is 8. The number of anilines is 1. The third kappa shape index (κ3) is 6.51. The number of sulfonamides is 1. The summed E-state index contributed by atoms with van der Waals surface area (Å²) in [4.78, 5) is 13.4. The number of amides is 1. The minimum atomic E-state index is -4.03. The summed E-state index contributed by atoms with van der Waals surface area (Å²) in [6.45, 7) is 3.67. The Hall–Kier alpha value is -3.46. The second-order valence-corrected chi connectivity index (χ2v) is 11.8. The molecule has 0 aliphatic heterocycles. The summed E-state index contributed by atoms with van der Waals surface area (Å²) >= 11 is 9.45. The van der Waals surface area contributed by atoms with Crippen molar-refractivity contribution >= 4 is 54.9 Å². The molecule has 194 valence electrons. The lowest BCUT2D eigenvalue weighted by molar-refractivity contribution is 0.0955. The van der Waals surface area contributed by atoms with E-state index < -0.39 is 15.9 Å². The minimum absolute atomic E-state index is 0.00113. The molecular weight excluding hydrogens is 586 g/mol. The summed E-state index contributed by atoms with van der Waals surface area (Å²) in [5.41, 5.74) is 6.08. The fraction of sp³-hybridized carbons (Fsp3) is 0.103. The molecule has 4 aromatic rings. The first kappa shape index (κ1) is 27.6. The number of halogens is 2. The van der Waals surface area contributed by atoms with Crippen LogP contribution in [0.1, 0.15) is 34.0 Å². The van der Waals surface area contributed by atoms with Crippen molar-refractivity contribution in [3.8, 4) is 0 Å². The van der Waals surface area contributed by atoms with Crippen LogP contribution in [0.5, 0.6) is 0 Å². The second kappa shape index (κ2) is 11.9. The van der Waals surface area contributed by atoms with E-state index in [0.29, 0.717) is 16.3 Å². The highest BCUT2D eigenvalue weighted by atomic mass is 79.9. The number of nitrogens with one attached hydrogen (secondary N) is 1. The van der Waals surface area contributed by atoms with Gasteiger partial charge in [0.1, 0.15) is 0 Å². The molecular formula is C29H25BrClN3O3S. The van der Waals surface area contributed by atoms with Crippen molar-refractivity contribution in [2.75, 3.05) is 4.31 Å². The van der Waals surface area contributed by atoms with Crippen molar-refractivity contribution in [3.05, 3.63) is 129 Å². The monoisotopic (exact) mass is 609 g/mol. The smallest absolute Gasteiger partial charge is 0.267 e. The van der Waals surface area contributed by atoms with Crippen molar-refractivity contribution in [1.82, 2.24) is 5.43 Å². The molecule has 0 aromatic heterocycles. The molecule has 4 rings (SSSR count). The Morgan fingerprint density at radius 1 is 0.921 bits per heavy atom. The van der Waals surface area contributed by atoms with E-state index in [1.807, 2.05) is 31.2 Å². The lowest BCUT2D eigenvalue weighted by Gasteiger charge is -2.26. The largest absolute Gasteiger partial charge is 0.273 e. The number of benzene rings is 4. The van der Waals surface area contributed by atoms with Crippen LogP contribution in [0.2, 0.25) is 5.02 Å². The molecule has 0 fully saturated rings. The Labute approximate surface area is 236 Å². The lowest BCUT2D eigenvalue weighted by atomic mass is 10.1. The third-order valence-electron chi connectivity index (χ3n) is 5.85. The van der Waals surface area contributed by atoms with Crippen LogP contribution in [0.15, 0.2) is 112 Å². The molecule has 0 atom stereocenters.